The molecule has 0 aliphatic carbocycles. The molecule has 146 valence electrons. The lowest BCUT2D eigenvalue weighted by molar-refractivity contribution is -0.134. The largest absolute Gasteiger partial charge is 0.341 e. The van der Waals surface area contributed by atoms with Crippen LogP contribution in [0.4, 0.5) is 0 Å². The molecule has 2 aromatic rings. The number of piperidine rings is 1. The summed E-state index contributed by atoms with van der Waals surface area (Å²) in [5.74, 6) is -0.459. The zero-order valence-electron chi connectivity index (χ0n) is 15.7. The van der Waals surface area contributed by atoms with Gasteiger partial charge in [-0.15, -0.1) is 0 Å². The minimum Gasteiger partial charge on any atom is -0.341 e. The number of halogens is 1. The Balaban J connectivity index is 1.54. The van der Waals surface area contributed by atoms with E-state index in [1.807, 2.05) is 30.3 Å². The molecule has 1 N–H and O–H groups in total. The summed E-state index contributed by atoms with van der Waals surface area (Å²) in [6.45, 7) is 2.68. The van der Waals surface area contributed by atoms with Crippen LogP contribution < -0.4 is 5.32 Å². The summed E-state index contributed by atoms with van der Waals surface area (Å²) in [6.07, 6.45) is 1.26. The molecule has 1 aliphatic rings. The van der Waals surface area contributed by atoms with E-state index in [1.54, 1.807) is 36.1 Å². The highest BCUT2D eigenvalue weighted by molar-refractivity contribution is 6.33. The maximum absolute atomic E-state index is 12.7. The molecule has 3 rings (SSSR count). The molecule has 0 bridgehead atoms. The maximum atomic E-state index is 12.7. The van der Waals surface area contributed by atoms with Crippen LogP contribution in [-0.2, 0) is 4.79 Å². The second-order valence-corrected chi connectivity index (χ2v) is 7.41. The van der Waals surface area contributed by atoms with E-state index in [2.05, 4.69) is 5.32 Å². The molecule has 1 aliphatic heterocycles. The minimum atomic E-state index is -0.662. The van der Waals surface area contributed by atoms with E-state index in [9.17, 15) is 14.4 Å². The van der Waals surface area contributed by atoms with Crippen molar-refractivity contribution >= 4 is 29.2 Å². The van der Waals surface area contributed by atoms with Crippen molar-refractivity contribution in [2.45, 2.75) is 25.8 Å². The zero-order valence-corrected chi connectivity index (χ0v) is 16.5. The summed E-state index contributed by atoms with van der Waals surface area (Å²) in [7, 11) is 0. The van der Waals surface area contributed by atoms with Crippen LogP contribution in [0.2, 0.25) is 5.02 Å². The van der Waals surface area contributed by atoms with Crippen LogP contribution >= 0.6 is 11.6 Å². The van der Waals surface area contributed by atoms with Gasteiger partial charge in [0.05, 0.1) is 10.6 Å². The number of benzene rings is 2. The minimum absolute atomic E-state index is 0.0699. The lowest BCUT2D eigenvalue weighted by Crippen LogP contribution is -2.49. The number of Topliss-reactive ketones (excluding diaryl/α,β-unsaturated/α-hetero) is 1. The highest BCUT2D eigenvalue weighted by Gasteiger charge is 2.30. The maximum Gasteiger partial charge on any atom is 0.253 e. The van der Waals surface area contributed by atoms with E-state index in [4.69, 9.17) is 11.6 Å². The number of carbonyl (C=O) groups is 3. The van der Waals surface area contributed by atoms with Crippen LogP contribution in [0.15, 0.2) is 54.6 Å². The zero-order chi connectivity index (χ0) is 20.1. The monoisotopic (exact) mass is 398 g/mol. The Morgan fingerprint density at radius 2 is 1.61 bits per heavy atom. The van der Waals surface area contributed by atoms with Crippen LogP contribution in [0.5, 0.6) is 0 Å². The molecule has 2 aromatic carbocycles. The summed E-state index contributed by atoms with van der Waals surface area (Å²) >= 11 is 6.04. The number of rotatable bonds is 5. The summed E-state index contributed by atoms with van der Waals surface area (Å²) < 4.78 is 0. The fourth-order valence-corrected chi connectivity index (χ4v) is 3.68. The Labute approximate surface area is 169 Å². The van der Waals surface area contributed by atoms with E-state index < -0.39 is 6.04 Å². The molecule has 28 heavy (non-hydrogen) atoms. The lowest BCUT2D eigenvalue weighted by Gasteiger charge is -2.33. The highest BCUT2D eigenvalue weighted by Crippen LogP contribution is 2.22. The quantitative estimate of drug-likeness (QED) is 0.783. The number of ketones is 1. The van der Waals surface area contributed by atoms with E-state index in [0.717, 1.165) is 0 Å². The number of hydrogen-bond acceptors (Lipinski definition) is 3. The highest BCUT2D eigenvalue weighted by atomic mass is 35.5. The third-order valence-corrected chi connectivity index (χ3v) is 5.40. The van der Waals surface area contributed by atoms with Gasteiger partial charge in [0, 0.05) is 24.6 Å². The van der Waals surface area contributed by atoms with Gasteiger partial charge in [-0.2, -0.15) is 0 Å². The summed E-state index contributed by atoms with van der Waals surface area (Å²) in [5, 5.41) is 3.06. The van der Waals surface area contributed by atoms with E-state index in [0.29, 0.717) is 42.1 Å². The molecule has 0 unspecified atom stereocenters. The number of nitrogens with one attached hydrogen (secondary N) is 1. The molecule has 1 saturated heterocycles. The van der Waals surface area contributed by atoms with Gasteiger partial charge in [0.2, 0.25) is 5.91 Å². The average Bonchev–Trinajstić information content (AvgIpc) is 2.73. The first-order chi connectivity index (χ1) is 13.5. The fourth-order valence-electron chi connectivity index (χ4n) is 3.46. The number of likely N-dealkylation sites (tertiary alicyclic amines) is 1. The van der Waals surface area contributed by atoms with E-state index in [-0.39, 0.29) is 23.5 Å². The van der Waals surface area contributed by atoms with Gasteiger partial charge in [-0.05, 0) is 31.9 Å². The molecule has 2 amide bonds. The number of carbonyl (C=O) groups excluding carboxylic acids is 3. The predicted molar refractivity (Wildman–Crippen MR) is 108 cm³/mol. The van der Waals surface area contributed by atoms with E-state index in [1.165, 1.54) is 0 Å². The number of nitrogens with zero attached hydrogens (tertiary/aromatic N) is 1. The van der Waals surface area contributed by atoms with Crippen molar-refractivity contribution in [2.24, 2.45) is 5.92 Å². The van der Waals surface area contributed by atoms with Crippen LogP contribution in [0.3, 0.4) is 0 Å². The van der Waals surface area contributed by atoms with Crippen molar-refractivity contribution in [2.75, 3.05) is 13.1 Å². The third kappa shape index (κ3) is 4.60. The summed E-state index contributed by atoms with van der Waals surface area (Å²) in [4.78, 5) is 39.3. The average molecular weight is 399 g/mol. The Morgan fingerprint density at radius 3 is 2.25 bits per heavy atom. The Morgan fingerprint density at radius 1 is 1.00 bits per heavy atom. The molecule has 1 atom stereocenters. The van der Waals surface area contributed by atoms with Gasteiger partial charge in [0.1, 0.15) is 6.04 Å². The predicted octanol–water partition coefficient (Wildman–Crippen LogP) is 3.58. The number of hydrogen-bond donors (Lipinski definition) is 1. The van der Waals surface area contributed by atoms with Crippen molar-refractivity contribution in [3.63, 3.8) is 0 Å². The van der Waals surface area contributed by atoms with Gasteiger partial charge in [0.25, 0.3) is 5.91 Å². The van der Waals surface area contributed by atoms with Crippen LogP contribution in [0, 0.1) is 5.92 Å². The molecule has 1 heterocycles. The fraction of sp³-hybridized carbons (Fsp3) is 0.318. The van der Waals surface area contributed by atoms with Crippen molar-refractivity contribution in [1.82, 2.24) is 10.2 Å². The smallest absolute Gasteiger partial charge is 0.253 e. The van der Waals surface area contributed by atoms with Gasteiger partial charge >= 0.3 is 0 Å². The molecule has 0 radical (unpaired) electrons. The first kappa shape index (κ1) is 20.1. The molecule has 0 saturated carbocycles. The standard InChI is InChI=1S/C22H23ClN2O3/c1-15(24-21(27)18-9-5-6-10-19(18)23)22(28)25-13-11-17(12-14-25)20(26)16-7-3-2-4-8-16/h2-10,15,17H,11-14H2,1H3,(H,24,27)/t15-/m0/s1. The number of amides is 2. The molecule has 5 nitrogen and oxygen atoms in total. The molecule has 6 heteroatoms. The molecule has 0 spiro atoms. The first-order valence-corrected chi connectivity index (χ1v) is 9.78. The van der Waals surface area contributed by atoms with Gasteiger partial charge in [0.15, 0.2) is 5.78 Å². The second-order valence-electron chi connectivity index (χ2n) is 7.00. The topological polar surface area (TPSA) is 66.5 Å². The summed E-state index contributed by atoms with van der Waals surface area (Å²) in [6, 6.07) is 15.3. The van der Waals surface area contributed by atoms with Crippen molar-refractivity contribution in [1.29, 1.82) is 0 Å². The van der Waals surface area contributed by atoms with Crippen molar-refractivity contribution in [3.05, 3.63) is 70.7 Å². The molecular formula is C22H23ClN2O3. The lowest BCUT2D eigenvalue weighted by atomic mass is 9.88. The Bertz CT molecular complexity index is 861. The third-order valence-electron chi connectivity index (χ3n) is 5.07. The van der Waals surface area contributed by atoms with Crippen molar-refractivity contribution < 1.29 is 14.4 Å². The molecule has 1 fully saturated rings. The van der Waals surface area contributed by atoms with E-state index >= 15 is 0 Å². The second kappa shape index (κ2) is 9.02. The van der Waals surface area contributed by atoms with Gasteiger partial charge < -0.3 is 10.2 Å². The summed E-state index contributed by atoms with van der Waals surface area (Å²) in [5.41, 5.74) is 1.06. The van der Waals surface area contributed by atoms with Crippen molar-refractivity contribution in [3.8, 4) is 0 Å². The van der Waals surface area contributed by atoms with Gasteiger partial charge in [-0.1, -0.05) is 54.1 Å². The van der Waals surface area contributed by atoms with Gasteiger partial charge in [-0.3, -0.25) is 14.4 Å². The SMILES string of the molecule is C[C@H](NC(=O)c1ccccc1Cl)C(=O)N1CCC(C(=O)c2ccccc2)CC1. The molecule has 0 aromatic heterocycles. The molecular weight excluding hydrogens is 376 g/mol. The first-order valence-electron chi connectivity index (χ1n) is 9.41. The van der Waals surface area contributed by atoms with Crippen LogP contribution in [0.1, 0.15) is 40.5 Å². The van der Waals surface area contributed by atoms with Gasteiger partial charge in [-0.25, -0.2) is 0 Å². The normalized spacial score (nSPS) is 15.7. The Kier molecular flexibility index (Phi) is 6.47. The Hall–Kier alpha value is -2.66. The van der Waals surface area contributed by atoms with Crippen LogP contribution in [0.25, 0.3) is 0 Å². The van der Waals surface area contributed by atoms with Crippen LogP contribution in [-0.4, -0.2) is 41.6 Å².